The van der Waals surface area contributed by atoms with Crippen LogP contribution in [0, 0.1) is 11.3 Å². The van der Waals surface area contributed by atoms with E-state index in [0.29, 0.717) is 30.0 Å². The molecule has 0 spiro atoms. The van der Waals surface area contributed by atoms with Crippen LogP contribution in [0.1, 0.15) is 34.0 Å². The first kappa shape index (κ1) is 22.2. The SMILES string of the molecule is N#CC(=Cc1sc(N2CCOCC2)nc1-c1ccccc1)c1nc2sc3c(c2c(=O)[nH]1)CCCC3. The van der Waals surface area contributed by atoms with Crippen LogP contribution in [0.5, 0.6) is 0 Å². The number of aromatic amines is 1. The van der Waals surface area contributed by atoms with Crippen molar-refractivity contribution in [1.82, 2.24) is 15.0 Å². The Labute approximate surface area is 210 Å². The number of fused-ring (bicyclic) bond motifs is 3. The smallest absolute Gasteiger partial charge is 0.260 e. The Bertz CT molecular complexity index is 1520. The lowest BCUT2D eigenvalue weighted by Gasteiger charge is -2.26. The number of rotatable bonds is 4. The Hall–Kier alpha value is -3.32. The van der Waals surface area contributed by atoms with Gasteiger partial charge in [0.15, 0.2) is 11.0 Å². The molecule has 176 valence electrons. The maximum Gasteiger partial charge on any atom is 0.260 e. The molecule has 1 aliphatic heterocycles. The zero-order valence-electron chi connectivity index (χ0n) is 19.0. The van der Waals surface area contributed by atoms with E-state index in [-0.39, 0.29) is 5.56 Å². The Morgan fingerprint density at radius 2 is 1.91 bits per heavy atom. The van der Waals surface area contributed by atoms with Gasteiger partial charge in [-0.05, 0) is 37.3 Å². The molecule has 0 atom stereocenters. The van der Waals surface area contributed by atoms with Gasteiger partial charge in [-0.25, -0.2) is 9.97 Å². The molecule has 2 aliphatic rings. The van der Waals surface area contributed by atoms with Crippen molar-refractivity contribution in [2.45, 2.75) is 25.7 Å². The molecule has 4 aromatic rings. The van der Waals surface area contributed by atoms with E-state index in [1.54, 1.807) is 22.7 Å². The van der Waals surface area contributed by atoms with Gasteiger partial charge >= 0.3 is 0 Å². The molecular weight excluding hydrogens is 478 g/mol. The molecule has 1 fully saturated rings. The highest BCUT2D eigenvalue weighted by Crippen LogP contribution is 2.37. The highest BCUT2D eigenvalue weighted by atomic mass is 32.1. The van der Waals surface area contributed by atoms with E-state index in [1.165, 1.54) is 4.88 Å². The molecule has 6 rings (SSSR count). The quantitative estimate of drug-likeness (QED) is 0.400. The van der Waals surface area contributed by atoms with Crippen molar-refractivity contribution in [2.24, 2.45) is 0 Å². The molecule has 9 heteroatoms. The number of thiophene rings is 1. The maximum absolute atomic E-state index is 13.1. The van der Waals surface area contributed by atoms with Crippen LogP contribution in [0.3, 0.4) is 0 Å². The van der Waals surface area contributed by atoms with Gasteiger partial charge in [-0.3, -0.25) is 4.79 Å². The minimum atomic E-state index is -0.160. The molecule has 35 heavy (non-hydrogen) atoms. The van der Waals surface area contributed by atoms with E-state index < -0.39 is 0 Å². The van der Waals surface area contributed by atoms with Crippen molar-refractivity contribution < 1.29 is 4.74 Å². The normalized spacial score (nSPS) is 16.3. The van der Waals surface area contributed by atoms with Crippen molar-refractivity contribution >= 4 is 49.7 Å². The average Bonchev–Trinajstić information content (AvgIpc) is 3.50. The first-order valence-corrected chi connectivity index (χ1v) is 13.4. The summed E-state index contributed by atoms with van der Waals surface area (Å²) in [6.07, 6.45) is 5.97. The lowest BCUT2D eigenvalue weighted by molar-refractivity contribution is 0.122. The number of thiazole rings is 1. The number of hydrogen-bond acceptors (Lipinski definition) is 8. The summed E-state index contributed by atoms with van der Waals surface area (Å²) in [4.78, 5) is 30.7. The molecule has 0 radical (unpaired) electrons. The van der Waals surface area contributed by atoms with E-state index in [4.69, 9.17) is 14.7 Å². The van der Waals surface area contributed by atoms with Crippen LogP contribution < -0.4 is 10.5 Å². The summed E-state index contributed by atoms with van der Waals surface area (Å²) in [5.74, 6) is 0.309. The van der Waals surface area contributed by atoms with Gasteiger partial charge in [-0.1, -0.05) is 41.7 Å². The fourth-order valence-electron chi connectivity index (χ4n) is 4.69. The number of nitrogens with zero attached hydrogens (tertiary/aromatic N) is 4. The largest absolute Gasteiger partial charge is 0.378 e. The topological polar surface area (TPSA) is 94.9 Å². The van der Waals surface area contributed by atoms with Crippen LogP contribution in [0.4, 0.5) is 5.13 Å². The Kier molecular flexibility index (Phi) is 5.94. The summed E-state index contributed by atoms with van der Waals surface area (Å²) < 4.78 is 5.50. The zero-order chi connectivity index (χ0) is 23.8. The van der Waals surface area contributed by atoms with Crippen LogP contribution in [0.25, 0.3) is 33.1 Å². The molecule has 1 aromatic carbocycles. The van der Waals surface area contributed by atoms with E-state index in [9.17, 15) is 10.1 Å². The number of ether oxygens (including phenoxy) is 1. The molecule has 0 unspecified atom stereocenters. The van der Waals surface area contributed by atoms with Gasteiger partial charge in [0.2, 0.25) is 0 Å². The first-order chi connectivity index (χ1) is 17.2. The minimum absolute atomic E-state index is 0.160. The number of aromatic nitrogens is 3. The van der Waals surface area contributed by atoms with Gasteiger partial charge in [0.05, 0.1) is 34.7 Å². The second kappa shape index (κ2) is 9.38. The van der Waals surface area contributed by atoms with Crippen LogP contribution in [-0.4, -0.2) is 41.3 Å². The standard InChI is InChI=1S/C26H23N5O2S2/c27-15-17(23-29-24(32)21-18-8-4-5-9-19(18)34-25(21)30-23)14-20-22(16-6-2-1-3-7-16)28-26(35-20)31-10-12-33-13-11-31/h1-3,6-7,14H,4-5,8-13H2,(H,29,30,32). The molecule has 0 bridgehead atoms. The molecular formula is C26H23N5O2S2. The predicted molar refractivity (Wildman–Crippen MR) is 141 cm³/mol. The summed E-state index contributed by atoms with van der Waals surface area (Å²) in [6, 6.07) is 12.2. The molecule has 0 amide bonds. The second-order valence-corrected chi connectivity index (χ2v) is 10.7. The third-order valence-corrected chi connectivity index (χ3v) is 8.70. The molecule has 0 saturated carbocycles. The molecule has 4 heterocycles. The second-order valence-electron chi connectivity index (χ2n) is 8.65. The van der Waals surface area contributed by atoms with Gasteiger partial charge in [0, 0.05) is 23.5 Å². The molecule has 1 aliphatic carbocycles. The fraction of sp³-hybridized carbons (Fsp3) is 0.308. The van der Waals surface area contributed by atoms with Crippen molar-refractivity contribution in [3.63, 3.8) is 0 Å². The van der Waals surface area contributed by atoms with E-state index in [2.05, 4.69) is 16.0 Å². The summed E-state index contributed by atoms with van der Waals surface area (Å²) in [5, 5.41) is 11.7. The highest BCUT2D eigenvalue weighted by Gasteiger charge is 2.22. The number of nitrogens with one attached hydrogen (secondary N) is 1. The number of benzene rings is 1. The monoisotopic (exact) mass is 501 g/mol. The number of anilines is 1. The lowest BCUT2D eigenvalue weighted by Crippen LogP contribution is -2.36. The number of morpholine rings is 1. The Morgan fingerprint density at radius 1 is 1.11 bits per heavy atom. The van der Waals surface area contributed by atoms with Crippen LogP contribution in [-0.2, 0) is 17.6 Å². The van der Waals surface area contributed by atoms with Gasteiger partial charge in [0.25, 0.3) is 5.56 Å². The molecule has 7 nitrogen and oxygen atoms in total. The maximum atomic E-state index is 13.1. The van der Waals surface area contributed by atoms with Crippen molar-refractivity contribution in [3.05, 3.63) is 61.8 Å². The summed E-state index contributed by atoms with van der Waals surface area (Å²) in [5.41, 5.74) is 3.11. The summed E-state index contributed by atoms with van der Waals surface area (Å²) >= 11 is 3.13. The van der Waals surface area contributed by atoms with Gasteiger partial charge in [-0.15, -0.1) is 11.3 Å². The zero-order valence-corrected chi connectivity index (χ0v) is 20.7. The number of aryl methyl sites for hydroxylation is 2. The third kappa shape index (κ3) is 4.18. The van der Waals surface area contributed by atoms with Crippen LogP contribution in [0.15, 0.2) is 35.1 Å². The Balaban J connectivity index is 1.46. The molecule has 1 saturated heterocycles. The van der Waals surface area contributed by atoms with Gasteiger partial charge in [-0.2, -0.15) is 5.26 Å². The average molecular weight is 502 g/mol. The van der Waals surface area contributed by atoms with E-state index in [1.807, 2.05) is 36.4 Å². The number of hydrogen-bond donors (Lipinski definition) is 1. The van der Waals surface area contributed by atoms with Crippen molar-refractivity contribution in [3.8, 4) is 17.3 Å². The van der Waals surface area contributed by atoms with E-state index in [0.717, 1.165) is 70.4 Å². The van der Waals surface area contributed by atoms with Gasteiger partial charge in [0.1, 0.15) is 10.9 Å². The number of nitriles is 1. The number of allylic oxidation sites excluding steroid dienone is 1. The van der Waals surface area contributed by atoms with Crippen molar-refractivity contribution in [2.75, 3.05) is 31.2 Å². The van der Waals surface area contributed by atoms with Crippen LogP contribution >= 0.6 is 22.7 Å². The van der Waals surface area contributed by atoms with Crippen LogP contribution in [0.2, 0.25) is 0 Å². The predicted octanol–water partition coefficient (Wildman–Crippen LogP) is 4.89. The summed E-state index contributed by atoms with van der Waals surface area (Å²) in [6.45, 7) is 2.91. The third-order valence-electron chi connectivity index (χ3n) is 6.45. The first-order valence-electron chi connectivity index (χ1n) is 11.8. The lowest BCUT2D eigenvalue weighted by atomic mass is 9.97. The van der Waals surface area contributed by atoms with Gasteiger partial charge < -0.3 is 14.6 Å². The van der Waals surface area contributed by atoms with Crippen molar-refractivity contribution in [1.29, 1.82) is 5.26 Å². The summed E-state index contributed by atoms with van der Waals surface area (Å²) in [7, 11) is 0. The fourth-order valence-corrected chi connectivity index (χ4v) is 7.03. The Morgan fingerprint density at radius 3 is 2.71 bits per heavy atom. The molecule has 3 aromatic heterocycles. The van der Waals surface area contributed by atoms with E-state index >= 15 is 0 Å². The highest BCUT2D eigenvalue weighted by molar-refractivity contribution is 7.18. The molecule has 1 N–H and O–H groups in total. The number of H-pyrrole nitrogens is 1. The minimum Gasteiger partial charge on any atom is -0.378 e.